The number of hydrogen-bond acceptors (Lipinski definition) is 4. The molecule has 1 aromatic heterocycles. The van der Waals surface area contributed by atoms with Gasteiger partial charge in [-0.2, -0.15) is 0 Å². The number of carboxylic acid groups (broad SMARTS) is 1. The van der Waals surface area contributed by atoms with E-state index < -0.39 is 5.97 Å². The summed E-state index contributed by atoms with van der Waals surface area (Å²) in [4.78, 5) is 16.8. The third kappa shape index (κ3) is 2.62. The van der Waals surface area contributed by atoms with Gasteiger partial charge in [0.05, 0.1) is 18.9 Å². The molecule has 0 bridgehead atoms. The maximum Gasteiger partial charge on any atom is 0.339 e. The van der Waals surface area contributed by atoms with Crippen molar-refractivity contribution < 1.29 is 14.6 Å². The molecule has 0 aromatic carbocycles. The van der Waals surface area contributed by atoms with E-state index in [9.17, 15) is 4.79 Å². The van der Waals surface area contributed by atoms with Crippen molar-refractivity contribution in [3.63, 3.8) is 0 Å². The van der Waals surface area contributed by atoms with Crippen molar-refractivity contribution in [3.05, 3.63) is 24.0 Å². The van der Waals surface area contributed by atoms with Crippen LogP contribution in [-0.2, 0) is 4.74 Å². The highest BCUT2D eigenvalue weighted by Gasteiger charge is 2.17. The zero-order chi connectivity index (χ0) is 10.7. The molecule has 0 atom stereocenters. The minimum Gasteiger partial charge on any atom is -0.478 e. The second-order valence-electron chi connectivity index (χ2n) is 3.30. The van der Waals surface area contributed by atoms with Crippen LogP contribution in [-0.4, -0.2) is 42.4 Å². The third-order valence-electron chi connectivity index (χ3n) is 2.38. The van der Waals surface area contributed by atoms with E-state index in [4.69, 9.17) is 9.84 Å². The summed E-state index contributed by atoms with van der Waals surface area (Å²) >= 11 is 0. The van der Waals surface area contributed by atoms with Crippen LogP contribution in [0.2, 0.25) is 0 Å². The van der Waals surface area contributed by atoms with E-state index in [0.29, 0.717) is 13.2 Å². The highest BCUT2D eigenvalue weighted by atomic mass is 35.5. The smallest absolute Gasteiger partial charge is 0.339 e. The van der Waals surface area contributed by atoms with Crippen molar-refractivity contribution in [3.8, 4) is 0 Å². The summed E-state index contributed by atoms with van der Waals surface area (Å²) in [5.41, 5.74) is 0.972. The van der Waals surface area contributed by atoms with E-state index in [1.807, 2.05) is 4.90 Å². The van der Waals surface area contributed by atoms with Crippen LogP contribution in [0, 0.1) is 0 Å². The van der Waals surface area contributed by atoms with Crippen LogP contribution in [0.4, 0.5) is 5.69 Å². The third-order valence-corrected chi connectivity index (χ3v) is 2.38. The number of hydrogen-bond donors (Lipinski definition) is 1. The van der Waals surface area contributed by atoms with Gasteiger partial charge in [-0.05, 0) is 6.07 Å². The lowest BCUT2D eigenvalue weighted by Crippen LogP contribution is -2.37. The van der Waals surface area contributed by atoms with E-state index in [0.717, 1.165) is 18.8 Å². The molecular formula is C10H13ClN2O3. The Labute approximate surface area is 99.5 Å². The van der Waals surface area contributed by atoms with E-state index >= 15 is 0 Å². The van der Waals surface area contributed by atoms with E-state index in [1.165, 1.54) is 6.20 Å². The summed E-state index contributed by atoms with van der Waals surface area (Å²) in [7, 11) is 0. The molecule has 1 fully saturated rings. The minimum absolute atomic E-state index is 0. The lowest BCUT2D eigenvalue weighted by atomic mass is 10.2. The first-order chi connectivity index (χ1) is 7.29. The van der Waals surface area contributed by atoms with Crippen LogP contribution in [0.3, 0.4) is 0 Å². The Morgan fingerprint density at radius 1 is 1.44 bits per heavy atom. The van der Waals surface area contributed by atoms with Crippen LogP contribution in [0.25, 0.3) is 0 Å². The quantitative estimate of drug-likeness (QED) is 0.842. The normalized spacial score (nSPS) is 15.4. The number of aromatic nitrogens is 1. The monoisotopic (exact) mass is 244 g/mol. The SMILES string of the molecule is Cl.O=C(O)c1cnccc1N1CCOCC1. The Bertz CT molecular complexity index is 367. The van der Waals surface area contributed by atoms with Gasteiger partial charge in [0.1, 0.15) is 5.56 Å². The molecule has 0 saturated carbocycles. The highest BCUT2D eigenvalue weighted by molar-refractivity contribution is 5.94. The Morgan fingerprint density at radius 3 is 2.75 bits per heavy atom. The molecule has 2 rings (SSSR count). The Morgan fingerprint density at radius 2 is 2.12 bits per heavy atom. The summed E-state index contributed by atoms with van der Waals surface area (Å²) in [5.74, 6) is -0.940. The summed E-state index contributed by atoms with van der Waals surface area (Å²) in [6.45, 7) is 2.73. The number of carboxylic acids is 1. The number of pyridine rings is 1. The molecule has 0 amide bonds. The van der Waals surface area contributed by atoms with Gasteiger partial charge in [0.2, 0.25) is 0 Å². The lowest BCUT2D eigenvalue weighted by Gasteiger charge is -2.29. The first-order valence-corrected chi connectivity index (χ1v) is 4.79. The molecule has 6 heteroatoms. The van der Waals surface area contributed by atoms with Gasteiger partial charge in [-0.3, -0.25) is 4.98 Å². The summed E-state index contributed by atoms with van der Waals surface area (Å²) < 4.78 is 5.22. The molecule has 88 valence electrons. The number of ether oxygens (including phenoxy) is 1. The number of morpholine rings is 1. The predicted octanol–water partition coefficient (Wildman–Crippen LogP) is 1.04. The van der Waals surface area contributed by atoms with Gasteiger partial charge >= 0.3 is 5.97 Å². The summed E-state index contributed by atoms with van der Waals surface area (Å²) in [5, 5.41) is 9.00. The van der Waals surface area contributed by atoms with Gasteiger partial charge in [-0.25, -0.2) is 4.79 Å². The molecular weight excluding hydrogens is 232 g/mol. The van der Waals surface area contributed by atoms with Crippen molar-refractivity contribution in [2.75, 3.05) is 31.2 Å². The number of nitrogens with zero attached hydrogens (tertiary/aromatic N) is 2. The van der Waals surface area contributed by atoms with Crippen molar-refractivity contribution in [1.29, 1.82) is 0 Å². The topological polar surface area (TPSA) is 62.7 Å². The molecule has 5 nitrogen and oxygen atoms in total. The zero-order valence-electron chi connectivity index (χ0n) is 8.63. The molecule has 0 radical (unpaired) electrons. The first kappa shape index (κ1) is 12.7. The largest absolute Gasteiger partial charge is 0.478 e. The second-order valence-corrected chi connectivity index (χ2v) is 3.30. The van der Waals surface area contributed by atoms with Crippen LogP contribution in [0.5, 0.6) is 0 Å². The van der Waals surface area contributed by atoms with E-state index in [-0.39, 0.29) is 18.0 Å². The Balaban J connectivity index is 0.00000128. The molecule has 0 spiro atoms. The summed E-state index contributed by atoms with van der Waals surface area (Å²) in [6.07, 6.45) is 2.99. The number of halogens is 1. The van der Waals surface area contributed by atoms with Crippen LogP contribution in [0.15, 0.2) is 18.5 Å². The molecule has 1 N–H and O–H groups in total. The van der Waals surface area contributed by atoms with E-state index in [1.54, 1.807) is 12.3 Å². The van der Waals surface area contributed by atoms with Gasteiger partial charge in [-0.15, -0.1) is 12.4 Å². The first-order valence-electron chi connectivity index (χ1n) is 4.79. The van der Waals surface area contributed by atoms with Crippen LogP contribution < -0.4 is 4.90 Å². The van der Waals surface area contributed by atoms with E-state index in [2.05, 4.69) is 4.98 Å². The van der Waals surface area contributed by atoms with Crippen LogP contribution in [0.1, 0.15) is 10.4 Å². The average molecular weight is 245 g/mol. The van der Waals surface area contributed by atoms with Gasteiger partial charge in [-0.1, -0.05) is 0 Å². The molecule has 1 aliphatic heterocycles. The predicted molar refractivity (Wildman–Crippen MR) is 61.5 cm³/mol. The maximum atomic E-state index is 11.0. The zero-order valence-corrected chi connectivity index (χ0v) is 9.44. The number of rotatable bonds is 2. The maximum absolute atomic E-state index is 11.0. The lowest BCUT2D eigenvalue weighted by molar-refractivity contribution is 0.0696. The molecule has 1 saturated heterocycles. The standard InChI is InChI=1S/C10H12N2O3.ClH/c13-10(14)8-7-11-2-1-9(8)12-3-5-15-6-4-12;/h1-2,7H,3-6H2,(H,13,14);1H. The second kappa shape index (κ2) is 5.67. The fraction of sp³-hybridized carbons (Fsp3) is 0.400. The molecule has 1 aromatic rings. The Kier molecular flexibility index (Phi) is 4.52. The van der Waals surface area contributed by atoms with Gasteiger partial charge in [0.15, 0.2) is 0 Å². The number of carbonyl (C=O) groups is 1. The summed E-state index contributed by atoms with van der Waals surface area (Å²) in [6, 6.07) is 1.73. The van der Waals surface area contributed by atoms with Gasteiger partial charge in [0, 0.05) is 25.5 Å². The fourth-order valence-electron chi connectivity index (χ4n) is 1.63. The minimum atomic E-state index is -0.940. The Hall–Kier alpha value is -1.33. The fourth-order valence-corrected chi connectivity index (χ4v) is 1.63. The average Bonchev–Trinajstić information content (AvgIpc) is 2.30. The molecule has 0 aliphatic carbocycles. The van der Waals surface area contributed by atoms with Crippen molar-refractivity contribution in [1.82, 2.24) is 4.98 Å². The molecule has 0 unspecified atom stereocenters. The number of aromatic carboxylic acids is 1. The van der Waals surface area contributed by atoms with Crippen LogP contribution >= 0.6 is 12.4 Å². The van der Waals surface area contributed by atoms with Crippen molar-refractivity contribution >= 4 is 24.1 Å². The van der Waals surface area contributed by atoms with Gasteiger partial charge < -0.3 is 14.7 Å². The van der Waals surface area contributed by atoms with Gasteiger partial charge in [0.25, 0.3) is 0 Å². The van der Waals surface area contributed by atoms with Crippen molar-refractivity contribution in [2.45, 2.75) is 0 Å². The van der Waals surface area contributed by atoms with Crippen molar-refractivity contribution in [2.24, 2.45) is 0 Å². The number of anilines is 1. The highest BCUT2D eigenvalue weighted by Crippen LogP contribution is 2.20. The molecule has 1 aliphatic rings. The molecule has 16 heavy (non-hydrogen) atoms. The molecule has 2 heterocycles.